The Morgan fingerprint density at radius 3 is 2.52 bits per heavy atom. The van der Waals surface area contributed by atoms with E-state index in [4.69, 9.17) is 4.74 Å². The van der Waals surface area contributed by atoms with Gasteiger partial charge >= 0.3 is 5.97 Å². The number of benzene rings is 2. The topological polar surface area (TPSA) is 119 Å². The minimum atomic E-state index is -1.23. The van der Waals surface area contributed by atoms with Gasteiger partial charge in [0.1, 0.15) is 11.8 Å². The molecule has 0 radical (unpaired) electrons. The maximum atomic E-state index is 12.1. The Kier molecular flexibility index (Phi) is 6.87. The van der Waals surface area contributed by atoms with Gasteiger partial charge < -0.3 is 15.2 Å². The lowest BCUT2D eigenvalue weighted by molar-refractivity contribution is -0.384. The van der Waals surface area contributed by atoms with Crippen LogP contribution in [-0.2, 0) is 22.4 Å². The number of carboxylic acid groups (broad SMARTS) is 1. The normalized spacial score (nSPS) is 11.4. The standard InChI is InChI=1S/C19H20N2O6/c1-27-17-9-8-15(21(25)26)11-14(17)12-16(19(23)24)20-18(22)10-7-13-5-3-2-4-6-13/h2-6,8-9,11,16H,7,10,12H2,1H3,(H,20,22)(H,23,24)/t16-/m0/s1. The zero-order valence-electron chi connectivity index (χ0n) is 14.8. The van der Waals surface area contributed by atoms with Crippen LogP contribution < -0.4 is 10.1 Å². The molecule has 2 aromatic rings. The molecule has 8 nitrogen and oxygen atoms in total. The van der Waals surface area contributed by atoms with Crippen LogP contribution in [-0.4, -0.2) is 35.1 Å². The van der Waals surface area contributed by atoms with Crippen molar-refractivity contribution in [3.8, 4) is 5.75 Å². The summed E-state index contributed by atoms with van der Waals surface area (Å²) in [5, 5.41) is 22.8. The molecule has 0 aromatic heterocycles. The fourth-order valence-corrected chi connectivity index (χ4v) is 2.63. The zero-order chi connectivity index (χ0) is 19.8. The number of nitrogens with one attached hydrogen (secondary N) is 1. The van der Waals surface area contributed by atoms with Crippen LogP contribution in [0.1, 0.15) is 17.5 Å². The molecule has 0 aliphatic rings. The molecule has 0 aliphatic heterocycles. The first kappa shape index (κ1) is 19.9. The third kappa shape index (κ3) is 5.81. The van der Waals surface area contributed by atoms with E-state index in [1.165, 1.54) is 25.3 Å². The molecule has 0 heterocycles. The van der Waals surface area contributed by atoms with Gasteiger partial charge in [0.15, 0.2) is 0 Å². The Labute approximate surface area is 155 Å². The SMILES string of the molecule is COc1ccc([N+](=O)[O-])cc1C[C@H](NC(=O)CCc1ccccc1)C(=O)O. The number of carbonyl (C=O) groups excluding carboxylic acids is 1. The van der Waals surface area contributed by atoms with Gasteiger partial charge in [0.05, 0.1) is 12.0 Å². The van der Waals surface area contributed by atoms with Crippen molar-refractivity contribution in [1.82, 2.24) is 5.32 Å². The summed E-state index contributed by atoms with van der Waals surface area (Å²) in [5.41, 5.74) is 1.13. The van der Waals surface area contributed by atoms with Crippen molar-refractivity contribution >= 4 is 17.6 Å². The molecule has 0 spiro atoms. The number of hydrogen-bond acceptors (Lipinski definition) is 5. The number of ether oxygens (including phenoxy) is 1. The van der Waals surface area contributed by atoms with Crippen LogP contribution in [0.5, 0.6) is 5.75 Å². The summed E-state index contributed by atoms with van der Waals surface area (Å²) in [4.78, 5) is 34.1. The van der Waals surface area contributed by atoms with E-state index in [0.29, 0.717) is 17.7 Å². The number of non-ortho nitro benzene ring substituents is 1. The number of nitro benzene ring substituents is 1. The van der Waals surface area contributed by atoms with Gasteiger partial charge in [0.2, 0.25) is 5.91 Å². The second kappa shape index (κ2) is 9.33. The van der Waals surface area contributed by atoms with Crippen LogP contribution in [0, 0.1) is 10.1 Å². The predicted octanol–water partition coefficient (Wildman–Crippen LogP) is 2.35. The van der Waals surface area contributed by atoms with Crippen molar-refractivity contribution < 1.29 is 24.4 Å². The average Bonchev–Trinajstić information content (AvgIpc) is 2.66. The number of carbonyl (C=O) groups is 2. The number of aryl methyl sites for hydroxylation is 1. The van der Waals surface area contributed by atoms with Gasteiger partial charge in [-0.1, -0.05) is 30.3 Å². The lowest BCUT2D eigenvalue weighted by Gasteiger charge is -2.16. The molecular weight excluding hydrogens is 352 g/mol. The number of methoxy groups -OCH3 is 1. The van der Waals surface area contributed by atoms with Gasteiger partial charge in [0.25, 0.3) is 5.69 Å². The zero-order valence-corrected chi connectivity index (χ0v) is 14.8. The minimum absolute atomic E-state index is 0.128. The largest absolute Gasteiger partial charge is 0.496 e. The van der Waals surface area contributed by atoms with Crippen LogP contribution in [0.25, 0.3) is 0 Å². The van der Waals surface area contributed by atoms with Crippen molar-refractivity contribution in [2.45, 2.75) is 25.3 Å². The molecule has 0 bridgehead atoms. The summed E-state index contributed by atoms with van der Waals surface area (Å²) in [6.45, 7) is 0. The van der Waals surface area contributed by atoms with Crippen LogP contribution in [0.3, 0.4) is 0 Å². The van der Waals surface area contributed by atoms with Gasteiger partial charge in [-0.25, -0.2) is 4.79 Å². The summed E-state index contributed by atoms with van der Waals surface area (Å²) in [6, 6.07) is 12.1. The second-order valence-electron chi connectivity index (χ2n) is 5.90. The van der Waals surface area contributed by atoms with E-state index in [0.717, 1.165) is 5.56 Å². The third-order valence-electron chi connectivity index (χ3n) is 4.02. The number of nitro groups is 1. The van der Waals surface area contributed by atoms with Gasteiger partial charge in [-0.3, -0.25) is 14.9 Å². The lowest BCUT2D eigenvalue weighted by atomic mass is 10.0. The molecule has 0 aliphatic carbocycles. The molecule has 8 heteroatoms. The summed E-state index contributed by atoms with van der Waals surface area (Å²) >= 11 is 0. The number of amides is 1. The summed E-state index contributed by atoms with van der Waals surface area (Å²) in [5.74, 6) is -1.31. The first-order chi connectivity index (χ1) is 12.9. The minimum Gasteiger partial charge on any atom is -0.496 e. The van der Waals surface area contributed by atoms with Crippen molar-refractivity contribution in [2.75, 3.05) is 7.11 Å². The first-order valence-corrected chi connectivity index (χ1v) is 8.28. The number of nitrogens with zero attached hydrogens (tertiary/aromatic N) is 1. The molecule has 2 N–H and O–H groups in total. The molecule has 1 amide bonds. The molecule has 0 saturated carbocycles. The highest BCUT2D eigenvalue weighted by atomic mass is 16.6. The van der Waals surface area contributed by atoms with Gasteiger partial charge in [-0.2, -0.15) is 0 Å². The van der Waals surface area contributed by atoms with Crippen molar-refractivity contribution in [3.63, 3.8) is 0 Å². The Balaban J connectivity index is 2.07. The van der Waals surface area contributed by atoms with Crippen molar-refractivity contribution in [2.24, 2.45) is 0 Å². The Morgan fingerprint density at radius 2 is 1.93 bits per heavy atom. The van der Waals surface area contributed by atoms with Gasteiger partial charge in [0, 0.05) is 30.5 Å². The van der Waals surface area contributed by atoms with Crippen LogP contribution in [0.4, 0.5) is 5.69 Å². The fourth-order valence-electron chi connectivity index (χ4n) is 2.63. The van der Waals surface area contributed by atoms with Gasteiger partial charge in [-0.05, 0) is 18.1 Å². The maximum Gasteiger partial charge on any atom is 0.326 e. The van der Waals surface area contributed by atoms with Crippen LogP contribution >= 0.6 is 0 Å². The first-order valence-electron chi connectivity index (χ1n) is 8.28. The van der Waals surface area contributed by atoms with Crippen molar-refractivity contribution in [3.05, 3.63) is 69.8 Å². The number of rotatable bonds is 9. The third-order valence-corrected chi connectivity index (χ3v) is 4.02. The Bertz CT molecular complexity index is 822. The van der Waals surface area contributed by atoms with E-state index >= 15 is 0 Å². The molecular formula is C19H20N2O6. The van der Waals surface area contributed by atoms with E-state index in [9.17, 15) is 24.8 Å². The quantitative estimate of drug-likeness (QED) is 0.515. The summed E-state index contributed by atoms with van der Waals surface area (Å²) in [7, 11) is 1.39. The molecule has 0 unspecified atom stereocenters. The van der Waals surface area contributed by atoms with E-state index in [1.807, 2.05) is 30.3 Å². The molecule has 0 fully saturated rings. The number of carboxylic acids is 1. The maximum absolute atomic E-state index is 12.1. The monoisotopic (exact) mass is 372 g/mol. The van der Waals surface area contributed by atoms with Crippen LogP contribution in [0.2, 0.25) is 0 Å². The highest BCUT2D eigenvalue weighted by Gasteiger charge is 2.23. The molecule has 142 valence electrons. The average molecular weight is 372 g/mol. The number of hydrogen-bond donors (Lipinski definition) is 2. The molecule has 2 rings (SSSR count). The van der Waals surface area contributed by atoms with E-state index in [-0.39, 0.29) is 18.5 Å². The van der Waals surface area contributed by atoms with E-state index in [1.54, 1.807) is 0 Å². The summed E-state index contributed by atoms with van der Waals surface area (Å²) in [6.07, 6.45) is 0.496. The van der Waals surface area contributed by atoms with E-state index in [2.05, 4.69) is 5.32 Å². The second-order valence-corrected chi connectivity index (χ2v) is 5.90. The van der Waals surface area contributed by atoms with E-state index < -0.39 is 22.8 Å². The number of aliphatic carboxylic acids is 1. The molecule has 27 heavy (non-hydrogen) atoms. The van der Waals surface area contributed by atoms with Gasteiger partial charge in [-0.15, -0.1) is 0 Å². The van der Waals surface area contributed by atoms with Crippen molar-refractivity contribution in [1.29, 1.82) is 0 Å². The Morgan fingerprint density at radius 1 is 1.22 bits per heavy atom. The smallest absolute Gasteiger partial charge is 0.326 e. The molecule has 1 atom stereocenters. The lowest BCUT2D eigenvalue weighted by Crippen LogP contribution is -2.42. The molecule has 0 saturated heterocycles. The highest BCUT2D eigenvalue weighted by Crippen LogP contribution is 2.25. The highest BCUT2D eigenvalue weighted by molar-refractivity contribution is 5.84. The Hall–Kier alpha value is -3.42. The predicted molar refractivity (Wildman–Crippen MR) is 97.7 cm³/mol. The fraction of sp³-hybridized carbons (Fsp3) is 0.263. The summed E-state index contributed by atoms with van der Waals surface area (Å²) < 4.78 is 5.14. The molecule has 2 aromatic carbocycles. The van der Waals surface area contributed by atoms with Crippen LogP contribution in [0.15, 0.2) is 48.5 Å².